The first-order valence-electron chi connectivity index (χ1n) is 11.7. The zero-order valence-corrected chi connectivity index (χ0v) is 21.2. The van der Waals surface area contributed by atoms with Crippen molar-refractivity contribution < 1.29 is 19.0 Å². The minimum absolute atomic E-state index is 0.00950. The highest BCUT2D eigenvalue weighted by Gasteiger charge is 2.38. The van der Waals surface area contributed by atoms with E-state index >= 15 is 0 Å². The molecule has 0 bridgehead atoms. The van der Waals surface area contributed by atoms with E-state index in [2.05, 4.69) is 16.7 Å². The summed E-state index contributed by atoms with van der Waals surface area (Å²) < 4.78 is 19.5. The Bertz CT molecular complexity index is 1210. The van der Waals surface area contributed by atoms with Gasteiger partial charge in [-0.1, -0.05) is 6.07 Å². The van der Waals surface area contributed by atoms with Crippen LogP contribution in [-0.4, -0.2) is 58.9 Å². The number of aryl methyl sites for hydroxylation is 1. The fourth-order valence-corrected chi connectivity index (χ4v) is 5.51. The maximum absolute atomic E-state index is 13.8. The Morgan fingerprint density at radius 3 is 2.74 bits per heavy atom. The molecule has 0 unspecified atom stereocenters. The number of aromatic nitrogens is 2. The van der Waals surface area contributed by atoms with Gasteiger partial charge < -0.3 is 19.1 Å². The fraction of sp³-hybridized carbons (Fsp3) is 0.462. The zero-order valence-electron chi connectivity index (χ0n) is 20.4. The van der Waals surface area contributed by atoms with Crippen LogP contribution < -0.4 is 9.47 Å². The topological polar surface area (TPSA) is 65.8 Å². The average Bonchev–Trinajstić information content (AvgIpc) is 3.45. The number of rotatable bonds is 5. The van der Waals surface area contributed by atoms with E-state index in [-0.39, 0.29) is 17.6 Å². The highest BCUT2D eigenvalue weighted by molar-refractivity contribution is 7.13. The molecule has 34 heavy (non-hydrogen) atoms. The molecule has 0 atom stereocenters. The largest absolute Gasteiger partial charge is 0.493 e. The third kappa shape index (κ3) is 3.88. The summed E-state index contributed by atoms with van der Waals surface area (Å²) in [4.78, 5) is 21.8. The molecule has 0 radical (unpaired) electrons. The number of benzene rings is 1. The summed E-state index contributed by atoms with van der Waals surface area (Å²) in [5.41, 5.74) is 3.25. The lowest BCUT2D eigenvalue weighted by Crippen LogP contribution is -2.55. The van der Waals surface area contributed by atoms with Crippen LogP contribution in [0.4, 0.5) is 0 Å². The molecule has 0 N–H and O–H groups in total. The summed E-state index contributed by atoms with van der Waals surface area (Å²) in [6, 6.07) is 8.15. The Hall–Kier alpha value is -2.84. The van der Waals surface area contributed by atoms with E-state index in [0.717, 1.165) is 46.2 Å². The molecule has 1 aromatic carbocycles. The number of carbonyl (C=O) groups is 1. The van der Waals surface area contributed by atoms with Crippen LogP contribution in [0.5, 0.6) is 11.5 Å². The number of amides is 1. The van der Waals surface area contributed by atoms with Crippen LogP contribution >= 0.6 is 11.3 Å². The number of fused-ring (bicyclic) bond motifs is 3. The summed E-state index contributed by atoms with van der Waals surface area (Å²) in [6.45, 7) is 9.71. The van der Waals surface area contributed by atoms with Crippen molar-refractivity contribution in [1.29, 1.82) is 0 Å². The van der Waals surface area contributed by atoms with Crippen LogP contribution in [0, 0.1) is 0 Å². The zero-order chi connectivity index (χ0) is 24.0. The van der Waals surface area contributed by atoms with Gasteiger partial charge in [0.2, 0.25) is 0 Å². The second kappa shape index (κ2) is 8.74. The molecule has 1 amide bonds. The van der Waals surface area contributed by atoms with Crippen molar-refractivity contribution in [2.24, 2.45) is 0 Å². The molecule has 0 spiro atoms. The van der Waals surface area contributed by atoms with Gasteiger partial charge in [0, 0.05) is 12.6 Å². The molecular weight excluding hydrogens is 450 g/mol. The van der Waals surface area contributed by atoms with Crippen molar-refractivity contribution in [3.8, 4) is 27.9 Å². The molecule has 2 aliphatic rings. The first-order valence-corrected chi connectivity index (χ1v) is 12.6. The van der Waals surface area contributed by atoms with Crippen molar-refractivity contribution in [1.82, 2.24) is 14.5 Å². The maximum atomic E-state index is 13.8. The van der Waals surface area contributed by atoms with Gasteiger partial charge in [-0.25, -0.2) is 4.98 Å². The summed E-state index contributed by atoms with van der Waals surface area (Å²) >= 11 is 1.62. The third-order valence-corrected chi connectivity index (χ3v) is 7.27. The first-order chi connectivity index (χ1) is 16.3. The lowest BCUT2D eigenvalue weighted by atomic mass is 9.98. The van der Waals surface area contributed by atoms with Crippen LogP contribution in [-0.2, 0) is 17.6 Å². The third-order valence-electron chi connectivity index (χ3n) is 6.41. The quantitative estimate of drug-likeness (QED) is 0.526. The van der Waals surface area contributed by atoms with Crippen LogP contribution in [0.2, 0.25) is 0 Å². The lowest BCUT2D eigenvalue weighted by Gasteiger charge is -2.41. The van der Waals surface area contributed by atoms with Crippen molar-refractivity contribution >= 4 is 17.2 Å². The van der Waals surface area contributed by atoms with Crippen LogP contribution in [0.25, 0.3) is 16.4 Å². The van der Waals surface area contributed by atoms with Crippen LogP contribution in [0.1, 0.15) is 49.4 Å². The number of imidazole rings is 1. The van der Waals surface area contributed by atoms with Crippen LogP contribution in [0.3, 0.4) is 0 Å². The Balaban J connectivity index is 1.69. The number of hydrogen-bond acceptors (Lipinski definition) is 6. The van der Waals surface area contributed by atoms with Crippen molar-refractivity contribution in [3.63, 3.8) is 0 Å². The van der Waals surface area contributed by atoms with E-state index < -0.39 is 0 Å². The molecule has 3 aromatic rings. The number of methoxy groups -OCH3 is 1. The fourth-order valence-electron chi connectivity index (χ4n) is 4.81. The standard InChI is InChI=1S/C26H31N3O4S/c1-16(2)33-21-14-19-17(13-20(21)31-5)8-9-18-23(25(30)28-10-11-32-15-26(28,3)4)27-24(29(18)19)22-7-6-12-34-22/h6-7,12-14,16H,8-11,15H2,1-5H3. The molecule has 5 rings (SSSR count). The van der Waals surface area contributed by atoms with E-state index in [1.54, 1.807) is 18.4 Å². The lowest BCUT2D eigenvalue weighted by molar-refractivity contribution is -0.0373. The van der Waals surface area contributed by atoms with Gasteiger partial charge in [-0.3, -0.25) is 9.36 Å². The molecule has 1 fully saturated rings. The van der Waals surface area contributed by atoms with Gasteiger partial charge >= 0.3 is 0 Å². The van der Waals surface area contributed by atoms with Crippen molar-refractivity contribution in [2.45, 2.75) is 52.2 Å². The van der Waals surface area contributed by atoms with Crippen molar-refractivity contribution in [2.75, 3.05) is 26.9 Å². The Morgan fingerprint density at radius 2 is 2.06 bits per heavy atom. The number of nitrogens with zero attached hydrogens (tertiary/aromatic N) is 3. The van der Waals surface area contributed by atoms with Gasteiger partial charge in [0.05, 0.1) is 48.2 Å². The SMILES string of the molecule is COc1cc2c(cc1OC(C)C)-n1c(-c3cccs3)nc(C(=O)N3CCOCC3(C)C)c1CC2. The van der Waals surface area contributed by atoms with E-state index in [1.165, 1.54) is 0 Å². The highest BCUT2D eigenvalue weighted by atomic mass is 32.1. The van der Waals surface area contributed by atoms with Gasteiger partial charge in [-0.15, -0.1) is 11.3 Å². The summed E-state index contributed by atoms with van der Waals surface area (Å²) in [7, 11) is 1.66. The Morgan fingerprint density at radius 1 is 1.24 bits per heavy atom. The van der Waals surface area contributed by atoms with Gasteiger partial charge in [-0.05, 0) is 63.6 Å². The molecule has 4 heterocycles. The molecule has 180 valence electrons. The number of thiophene rings is 1. The van der Waals surface area contributed by atoms with Gasteiger partial charge in [-0.2, -0.15) is 0 Å². The predicted octanol–water partition coefficient (Wildman–Crippen LogP) is 4.75. The highest BCUT2D eigenvalue weighted by Crippen LogP contribution is 2.41. The Labute approximate surface area is 204 Å². The average molecular weight is 482 g/mol. The minimum Gasteiger partial charge on any atom is -0.493 e. The summed E-state index contributed by atoms with van der Waals surface area (Å²) in [6.07, 6.45) is 1.54. The number of hydrogen-bond donors (Lipinski definition) is 0. The summed E-state index contributed by atoms with van der Waals surface area (Å²) in [5, 5.41) is 2.04. The molecule has 0 saturated carbocycles. The molecule has 1 saturated heterocycles. The number of morpholine rings is 1. The second-order valence-corrected chi connectivity index (χ2v) is 10.6. The minimum atomic E-state index is -0.382. The molecule has 7 nitrogen and oxygen atoms in total. The Kier molecular flexibility index (Phi) is 5.90. The maximum Gasteiger partial charge on any atom is 0.274 e. The molecule has 0 aliphatic carbocycles. The first kappa shape index (κ1) is 22.9. The normalized spacial score (nSPS) is 16.8. The molecular formula is C26H31N3O4S. The molecule has 8 heteroatoms. The van der Waals surface area contributed by atoms with E-state index in [9.17, 15) is 4.79 Å². The second-order valence-electron chi connectivity index (χ2n) is 9.66. The van der Waals surface area contributed by atoms with Gasteiger partial charge in [0.1, 0.15) is 0 Å². The monoisotopic (exact) mass is 481 g/mol. The van der Waals surface area contributed by atoms with E-state index in [1.807, 2.05) is 50.1 Å². The van der Waals surface area contributed by atoms with E-state index in [4.69, 9.17) is 19.2 Å². The summed E-state index contributed by atoms with van der Waals surface area (Å²) in [5.74, 6) is 2.17. The molecule has 2 aliphatic heterocycles. The van der Waals surface area contributed by atoms with E-state index in [0.29, 0.717) is 31.2 Å². The smallest absolute Gasteiger partial charge is 0.274 e. The number of ether oxygens (including phenoxy) is 3. The van der Waals surface area contributed by atoms with Crippen molar-refractivity contribution in [3.05, 3.63) is 46.6 Å². The van der Waals surface area contributed by atoms with Gasteiger partial charge in [0.15, 0.2) is 23.0 Å². The molecule has 2 aromatic heterocycles. The van der Waals surface area contributed by atoms with Gasteiger partial charge in [0.25, 0.3) is 5.91 Å². The predicted molar refractivity (Wildman–Crippen MR) is 133 cm³/mol. The number of carbonyl (C=O) groups excluding carboxylic acids is 1. The van der Waals surface area contributed by atoms with Crippen LogP contribution in [0.15, 0.2) is 29.6 Å².